The van der Waals surface area contributed by atoms with E-state index in [0.717, 1.165) is 19.8 Å². The van der Waals surface area contributed by atoms with Crippen molar-refractivity contribution in [3.63, 3.8) is 0 Å². The fourth-order valence-electron chi connectivity index (χ4n) is 2.03. The van der Waals surface area contributed by atoms with Crippen molar-refractivity contribution in [2.75, 3.05) is 13.6 Å². The molecule has 0 radical (unpaired) electrons. The zero-order valence-electron chi connectivity index (χ0n) is 13.4. The lowest BCUT2D eigenvalue weighted by Gasteiger charge is -2.16. The number of carbonyl (C=O) groups is 2. The maximum absolute atomic E-state index is 12.1. The summed E-state index contributed by atoms with van der Waals surface area (Å²) >= 11 is 5.00. The fourth-order valence-corrected chi connectivity index (χ4v) is 3.57. The van der Waals surface area contributed by atoms with Crippen molar-refractivity contribution in [3.05, 3.63) is 55.7 Å². The molecule has 0 aliphatic carbocycles. The van der Waals surface area contributed by atoms with Gasteiger partial charge in [0.1, 0.15) is 0 Å². The molecule has 1 aromatic heterocycles. The Morgan fingerprint density at radius 1 is 1.17 bits per heavy atom. The molecule has 0 unspecified atom stereocenters. The van der Waals surface area contributed by atoms with Crippen LogP contribution in [0.3, 0.4) is 0 Å². The molecule has 0 aliphatic heterocycles. The van der Waals surface area contributed by atoms with Crippen LogP contribution in [0.1, 0.15) is 26.4 Å². The molecule has 122 valence electrons. The monoisotopic (exact) mass is 394 g/mol. The van der Waals surface area contributed by atoms with E-state index in [9.17, 15) is 9.59 Å². The third-order valence-electron chi connectivity index (χ3n) is 3.62. The van der Waals surface area contributed by atoms with E-state index >= 15 is 0 Å². The first-order chi connectivity index (χ1) is 10.9. The number of aryl methyl sites for hydroxylation is 2. The topological polar surface area (TPSA) is 49.4 Å². The molecule has 2 aromatic rings. The zero-order valence-corrected chi connectivity index (χ0v) is 15.8. The summed E-state index contributed by atoms with van der Waals surface area (Å²) in [6.07, 6.45) is 0. The fraction of sp³-hybridized carbons (Fsp3) is 0.294. The Morgan fingerprint density at radius 3 is 2.52 bits per heavy atom. The SMILES string of the molecule is Cc1ccc(C(=O)NCC(=O)N(C)Cc2ccc(Br)s2)cc1C. The first kappa shape index (κ1) is 17.7. The van der Waals surface area contributed by atoms with E-state index in [1.165, 1.54) is 0 Å². The van der Waals surface area contributed by atoms with Crippen molar-refractivity contribution >= 4 is 39.1 Å². The van der Waals surface area contributed by atoms with Gasteiger partial charge in [-0.15, -0.1) is 11.3 Å². The second kappa shape index (κ2) is 7.75. The Kier molecular flexibility index (Phi) is 5.96. The molecule has 0 saturated carbocycles. The molecule has 1 heterocycles. The van der Waals surface area contributed by atoms with Crippen LogP contribution in [-0.4, -0.2) is 30.3 Å². The molecule has 0 saturated heterocycles. The highest BCUT2D eigenvalue weighted by Crippen LogP contribution is 2.22. The van der Waals surface area contributed by atoms with E-state index in [-0.39, 0.29) is 18.4 Å². The molecule has 0 fully saturated rings. The van der Waals surface area contributed by atoms with Gasteiger partial charge in [0.25, 0.3) is 5.91 Å². The minimum atomic E-state index is -0.228. The van der Waals surface area contributed by atoms with E-state index in [1.807, 2.05) is 38.1 Å². The number of carbonyl (C=O) groups excluding carboxylic acids is 2. The molecule has 0 bridgehead atoms. The number of thiophene rings is 1. The van der Waals surface area contributed by atoms with Crippen LogP contribution in [-0.2, 0) is 11.3 Å². The first-order valence-corrected chi connectivity index (χ1v) is 8.81. The smallest absolute Gasteiger partial charge is 0.251 e. The molecular formula is C17H19BrN2O2S. The zero-order chi connectivity index (χ0) is 17.0. The normalized spacial score (nSPS) is 10.4. The molecule has 0 atom stereocenters. The van der Waals surface area contributed by atoms with Crippen molar-refractivity contribution < 1.29 is 9.59 Å². The highest BCUT2D eigenvalue weighted by molar-refractivity contribution is 9.11. The molecule has 4 nitrogen and oxygen atoms in total. The summed E-state index contributed by atoms with van der Waals surface area (Å²) in [5.41, 5.74) is 2.77. The number of benzene rings is 1. The molecule has 0 spiro atoms. The number of nitrogens with one attached hydrogen (secondary N) is 1. The molecular weight excluding hydrogens is 376 g/mol. The molecule has 2 rings (SSSR count). The van der Waals surface area contributed by atoms with Gasteiger partial charge < -0.3 is 10.2 Å². The van der Waals surface area contributed by atoms with Gasteiger partial charge in [-0.1, -0.05) is 6.07 Å². The number of amides is 2. The lowest BCUT2D eigenvalue weighted by molar-refractivity contribution is -0.129. The molecule has 23 heavy (non-hydrogen) atoms. The molecule has 2 amide bonds. The van der Waals surface area contributed by atoms with Crippen LogP contribution < -0.4 is 5.32 Å². The van der Waals surface area contributed by atoms with Crippen LogP contribution in [0.15, 0.2) is 34.1 Å². The lowest BCUT2D eigenvalue weighted by Crippen LogP contribution is -2.37. The summed E-state index contributed by atoms with van der Waals surface area (Å²) in [5.74, 6) is -0.347. The van der Waals surface area contributed by atoms with Crippen molar-refractivity contribution in [1.29, 1.82) is 0 Å². The van der Waals surface area contributed by atoms with Gasteiger partial charge in [0.05, 0.1) is 16.9 Å². The number of hydrogen-bond acceptors (Lipinski definition) is 3. The van der Waals surface area contributed by atoms with Crippen LogP contribution in [0.2, 0.25) is 0 Å². The second-order valence-corrected chi connectivity index (χ2v) is 7.98. The summed E-state index contributed by atoms with van der Waals surface area (Å²) in [7, 11) is 1.73. The predicted molar refractivity (Wildman–Crippen MR) is 96.7 cm³/mol. The third kappa shape index (κ3) is 4.91. The van der Waals surface area contributed by atoms with Crippen LogP contribution in [0.5, 0.6) is 0 Å². The van der Waals surface area contributed by atoms with E-state index in [4.69, 9.17) is 0 Å². The van der Waals surface area contributed by atoms with Crippen LogP contribution >= 0.6 is 27.3 Å². The highest BCUT2D eigenvalue weighted by Gasteiger charge is 2.13. The highest BCUT2D eigenvalue weighted by atomic mass is 79.9. The van der Waals surface area contributed by atoms with Crippen molar-refractivity contribution in [1.82, 2.24) is 10.2 Å². The van der Waals surface area contributed by atoms with Gasteiger partial charge in [0, 0.05) is 17.5 Å². The summed E-state index contributed by atoms with van der Waals surface area (Å²) in [5, 5.41) is 2.68. The standard InChI is InChI=1S/C17H19BrN2O2S/c1-11-4-5-13(8-12(11)2)17(22)19-9-16(21)20(3)10-14-6-7-15(18)23-14/h4-8H,9-10H2,1-3H3,(H,19,22). The minimum Gasteiger partial charge on any atom is -0.343 e. The summed E-state index contributed by atoms with van der Waals surface area (Å²) in [4.78, 5) is 26.9. The van der Waals surface area contributed by atoms with Crippen LogP contribution in [0.4, 0.5) is 0 Å². The molecule has 6 heteroatoms. The molecule has 1 aromatic carbocycles. The number of nitrogens with zero attached hydrogens (tertiary/aromatic N) is 1. The van der Waals surface area contributed by atoms with E-state index in [1.54, 1.807) is 29.4 Å². The maximum atomic E-state index is 12.1. The van der Waals surface area contributed by atoms with Gasteiger partial charge in [-0.05, 0) is 65.2 Å². The number of halogens is 1. The number of rotatable bonds is 5. The summed E-state index contributed by atoms with van der Waals surface area (Å²) in [6, 6.07) is 9.45. The number of hydrogen-bond donors (Lipinski definition) is 1. The van der Waals surface area contributed by atoms with Crippen molar-refractivity contribution in [2.45, 2.75) is 20.4 Å². The molecule has 1 N–H and O–H groups in total. The maximum Gasteiger partial charge on any atom is 0.251 e. The van der Waals surface area contributed by atoms with Gasteiger partial charge >= 0.3 is 0 Å². The Morgan fingerprint density at radius 2 is 1.91 bits per heavy atom. The van der Waals surface area contributed by atoms with Crippen LogP contribution in [0.25, 0.3) is 0 Å². The van der Waals surface area contributed by atoms with Crippen LogP contribution in [0, 0.1) is 13.8 Å². The van der Waals surface area contributed by atoms with Crippen molar-refractivity contribution in [2.24, 2.45) is 0 Å². The van der Waals surface area contributed by atoms with Gasteiger partial charge in [-0.2, -0.15) is 0 Å². The average molecular weight is 395 g/mol. The van der Waals surface area contributed by atoms with Gasteiger partial charge in [0.15, 0.2) is 0 Å². The van der Waals surface area contributed by atoms with Gasteiger partial charge in [-0.3, -0.25) is 9.59 Å². The molecule has 0 aliphatic rings. The Bertz CT molecular complexity index is 727. The number of likely N-dealkylation sites (N-methyl/N-ethyl adjacent to an activating group) is 1. The average Bonchev–Trinajstić information content (AvgIpc) is 2.92. The Labute approximate surface area is 148 Å². The Hall–Kier alpha value is -1.66. The minimum absolute atomic E-state index is 0.00516. The van der Waals surface area contributed by atoms with Gasteiger partial charge in [0.2, 0.25) is 5.91 Å². The lowest BCUT2D eigenvalue weighted by atomic mass is 10.1. The quantitative estimate of drug-likeness (QED) is 0.842. The Balaban J connectivity index is 1.87. The predicted octanol–water partition coefficient (Wildman–Crippen LogP) is 3.52. The summed E-state index contributed by atoms with van der Waals surface area (Å²) < 4.78 is 1.04. The van der Waals surface area contributed by atoms with E-state index < -0.39 is 0 Å². The largest absolute Gasteiger partial charge is 0.343 e. The van der Waals surface area contributed by atoms with Gasteiger partial charge in [-0.25, -0.2) is 0 Å². The van der Waals surface area contributed by atoms with E-state index in [0.29, 0.717) is 12.1 Å². The third-order valence-corrected chi connectivity index (χ3v) is 5.23. The second-order valence-electron chi connectivity index (χ2n) is 5.44. The first-order valence-electron chi connectivity index (χ1n) is 7.20. The van der Waals surface area contributed by atoms with Crippen molar-refractivity contribution in [3.8, 4) is 0 Å². The summed E-state index contributed by atoms with van der Waals surface area (Å²) in [6.45, 7) is 4.49. The van der Waals surface area contributed by atoms with E-state index in [2.05, 4.69) is 21.2 Å².